The van der Waals surface area contributed by atoms with Crippen molar-refractivity contribution in [3.8, 4) is 0 Å². The van der Waals surface area contributed by atoms with Crippen LogP contribution in [-0.2, 0) is 9.59 Å². The molecule has 2 rings (SSSR count). The Morgan fingerprint density at radius 1 is 1.40 bits per heavy atom. The molecule has 0 aliphatic carbocycles. The number of imide groups is 1. The van der Waals surface area contributed by atoms with Crippen LogP contribution in [0.2, 0.25) is 0 Å². The minimum absolute atomic E-state index is 0.0364. The van der Waals surface area contributed by atoms with E-state index in [0.29, 0.717) is 5.56 Å². The lowest BCUT2D eigenvalue weighted by molar-refractivity contribution is -0.129. The quantitative estimate of drug-likeness (QED) is 0.838. The molecular formula is C13H14FN3O3. The van der Waals surface area contributed by atoms with Crippen LogP contribution in [0.25, 0.3) is 0 Å². The van der Waals surface area contributed by atoms with Crippen LogP contribution in [0.15, 0.2) is 18.2 Å². The molecule has 6 nitrogen and oxygen atoms in total. The van der Waals surface area contributed by atoms with Crippen molar-refractivity contribution >= 4 is 23.5 Å². The smallest absolute Gasteiger partial charge is 0.324 e. The van der Waals surface area contributed by atoms with Crippen LogP contribution in [0.5, 0.6) is 0 Å². The summed E-state index contributed by atoms with van der Waals surface area (Å²) in [4.78, 5) is 36.9. The lowest BCUT2D eigenvalue weighted by Gasteiger charge is -2.14. The zero-order chi connectivity index (χ0) is 14.9. The average molecular weight is 279 g/mol. The number of halogens is 1. The number of amides is 4. The van der Waals surface area contributed by atoms with Crippen LogP contribution in [0, 0.1) is 12.7 Å². The van der Waals surface area contributed by atoms with E-state index in [0.717, 1.165) is 4.90 Å². The van der Waals surface area contributed by atoms with Crippen LogP contribution >= 0.6 is 0 Å². The van der Waals surface area contributed by atoms with E-state index < -0.39 is 23.7 Å². The third kappa shape index (κ3) is 2.76. The van der Waals surface area contributed by atoms with E-state index in [2.05, 4.69) is 5.32 Å². The molecule has 1 aliphatic rings. The highest BCUT2D eigenvalue weighted by Crippen LogP contribution is 2.14. The molecule has 106 valence electrons. The minimum atomic E-state index is -0.551. The van der Waals surface area contributed by atoms with Crippen molar-refractivity contribution in [1.29, 1.82) is 0 Å². The maximum absolute atomic E-state index is 13.3. The Balaban J connectivity index is 2.00. The van der Waals surface area contributed by atoms with Gasteiger partial charge in [-0.05, 0) is 24.6 Å². The largest absolute Gasteiger partial charge is 0.327 e. The molecule has 1 saturated heterocycles. The summed E-state index contributed by atoms with van der Waals surface area (Å²) in [6.07, 6.45) is 0. The zero-order valence-electron chi connectivity index (χ0n) is 11.1. The molecule has 0 spiro atoms. The summed E-state index contributed by atoms with van der Waals surface area (Å²) in [6.45, 7) is 1.20. The van der Waals surface area contributed by atoms with E-state index in [1.54, 1.807) is 13.0 Å². The summed E-state index contributed by atoms with van der Waals surface area (Å²) in [6, 6.07) is 3.76. The summed E-state index contributed by atoms with van der Waals surface area (Å²) in [5, 5.41) is 2.45. The molecule has 0 aromatic heterocycles. The number of hydrogen-bond acceptors (Lipinski definition) is 3. The number of nitrogens with zero attached hydrogens (tertiary/aromatic N) is 2. The molecule has 0 atom stereocenters. The normalized spacial score (nSPS) is 14.9. The van der Waals surface area contributed by atoms with Gasteiger partial charge in [-0.15, -0.1) is 0 Å². The fourth-order valence-corrected chi connectivity index (χ4v) is 1.84. The van der Waals surface area contributed by atoms with Crippen molar-refractivity contribution < 1.29 is 18.8 Å². The zero-order valence-corrected chi connectivity index (χ0v) is 11.1. The second-order valence-electron chi connectivity index (χ2n) is 4.63. The fourth-order valence-electron chi connectivity index (χ4n) is 1.84. The monoisotopic (exact) mass is 279 g/mol. The van der Waals surface area contributed by atoms with Crippen molar-refractivity contribution in [3.63, 3.8) is 0 Å². The molecule has 1 aromatic rings. The molecule has 1 fully saturated rings. The molecule has 7 heteroatoms. The number of anilines is 1. The standard InChI is InChI=1S/C13H14FN3O3/c1-8-3-4-9(5-10(8)14)15-11(18)6-17-12(19)7-16(2)13(17)20/h3-5H,6-7H2,1-2H3,(H,15,18). The van der Waals surface area contributed by atoms with E-state index >= 15 is 0 Å². The second-order valence-corrected chi connectivity index (χ2v) is 4.63. The minimum Gasteiger partial charge on any atom is -0.324 e. The number of carbonyl (C=O) groups excluding carboxylic acids is 3. The topological polar surface area (TPSA) is 69.7 Å². The molecule has 0 bridgehead atoms. The van der Waals surface area contributed by atoms with Gasteiger partial charge in [-0.2, -0.15) is 0 Å². The summed E-state index contributed by atoms with van der Waals surface area (Å²) in [5.74, 6) is -1.41. The first-order chi connectivity index (χ1) is 9.38. The number of aryl methyl sites for hydroxylation is 1. The Hall–Kier alpha value is -2.44. The van der Waals surface area contributed by atoms with E-state index in [9.17, 15) is 18.8 Å². The summed E-state index contributed by atoms with van der Waals surface area (Å²) >= 11 is 0. The Morgan fingerprint density at radius 3 is 2.65 bits per heavy atom. The Bertz CT molecular complexity index is 588. The SMILES string of the molecule is Cc1ccc(NC(=O)CN2C(=O)CN(C)C2=O)cc1F. The first kappa shape index (κ1) is 14.0. The van der Waals surface area contributed by atoms with E-state index in [4.69, 9.17) is 0 Å². The van der Waals surface area contributed by atoms with Crippen LogP contribution in [0.4, 0.5) is 14.9 Å². The first-order valence-corrected chi connectivity index (χ1v) is 6.00. The highest BCUT2D eigenvalue weighted by molar-refractivity contribution is 6.06. The molecule has 0 radical (unpaired) electrons. The Labute approximate surface area is 115 Å². The highest BCUT2D eigenvalue weighted by Gasteiger charge is 2.34. The third-order valence-corrected chi connectivity index (χ3v) is 2.99. The summed E-state index contributed by atoms with van der Waals surface area (Å²) in [5.41, 5.74) is 0.750. The van der Waals surface area contributed by atoms with Gasteiger partial charge in [-0.3, -0.25) is 14.5 Å². The molecule has 1 heterocycles. The van der Waals surface area contributed by atoms with Crippen LogP contribution in [0.3, 0.4) is 0 Å². The van der Waals surface area contributed by atoms with Gasteiger partial charge >= 0.3 is 6.03 Å². The molecule has 0 saturated carbocycles. The number of carbonyl (C=O) groups is 3. The second kappa shape index (κ2) is 5.28. The maximum Gasteiger partial charge on any atom is 0.327 e. The molecule has 1 aliphatic heterocycles. The van der Waals surface area contributed by atoms with Gasteiger partial charge in [0.15, 0.2) is 0 Å². The number of benzene rings is 1. The predicted molar refractivity (Wildman–Crippen MR) is 69.5 cm³/mol. The molecule has 4 amide bonds. The van der Waals surface area contributed by atoms with Gasteiger partial charge in [0, 0.05) is 12.7 Å². The van der Waals surface area contributed by atoms with Crippen molar-refractivity contribution in [2.24, 2.45) is 0 Å². The summed E-state index contributed by atoms with van der Waals surface area (Å²) in [7, 11) is 1.48. The lowest BCUT2D eigenvalue weighted by Crippen LogP contribution is -2.38. The number of rotatable bonds is 3. The van der Waals surface area contributed by atoms with Gasteiger partial charge in [-0.1, -0.05) is 6.07 Å². The predicted octanol–water partition coefficient (Wildman–Crippen LogP) is 0.967. The van der Waals surface area contributed by atoms with Gasteiger partial charge in [0.05, 0.1) is 0 Å². The van der Waals surface area contributed by atoms with Crippen LogP contribution < -0.4 is 5.32 Å². The van der Waals surface area contributed by atoms with Gasteiger partial charge in [-0.25, -0.2) is 9.18 Å². The van der Waals surface area contributed by atoms with Crippen LogP contribution in [-0.4, -0.2) is 47.8 Å². The van der Waals surface area contributed by atoms with E-state index in [-0.39, 0.29) is 18.8 Å². The van der Waals surface area contributed by atoms with Crippen molar-refractivity contribution in [3.05, 3.63) is 29.6 Å². The van der Waals surface area contributed by atoms with Gasteiger partial charge < -0.3 is 10.2 Å². The van der Waals surface area contributed by atoms with Crippen molar-refractivity contribution in [2.45, 2.75) is 6.92 Å². The highest BCUT2D eigenvalue weighted by atomic mass is 19.1. The fraction of sp³-hybridized carbons (Fsp3) is 0.308. The molecule has 20 heavy (non-hydrogen) atoms. The lowest BCUT2D eigenvalue weighted by atomic mass is 10.2. The van der Waals surface area contributed by atoms with Crippen molar-refractivity contribution in [1.82, 2.24) is 9.80 Å². The number of hydrogen-bond donors (Lipinski definition) is 1. The molecule has 1 N–H and O–H groups in total. The van der Waals surface area contributed by atoms with Crippen LogP contribution in [0.1, 0.15) is 5.56 Å². The molecule has 0 unspecified atom stereocenters. The van der Waals surface area contributed by atoms with Gasteiger partial charge in [0.1, 0.15) is 18.9 Å². The van der Waals surface area contributed by atoms with Crippen molar-refractivity contribution in [2.75, 3.05) is 25.5 Å². The van der Waals surface area contributed by atoms with E-state index in [1.165, 1.54) is 24.1 Å². The number of urea groups is 1. The third-order valence-electron chi connectivity index (χ3n) is 2.99. The maximum atomic E-state index is 13.3. The summed E-state index contributed by atoms with van der Waals surface area (Å²) < 4.78 is 13.3. The van der Waals surface area contributed by atoms with Gasteiger partial charge in [0.25, 0.3) is 5.91 Å². The number of nitrogens with one attached hydrogen (secondary N) is 1. The average Bonchev–Trinajstić information content (AvgIpc) is 2.61. The Morgan fingerprint density at radius 2 is 2.10 bits per heavy atom. The molecular weight excluding hydrogens is 265 g/mol. The molecule has 1 aromatic carbocycles. The Kier molecular flexibility index (Phi) is 3.69. The van der Waals surface area contributed by atoms with Gasteiger partial charge in [0.2, 0.25) is 5.91 Å². The number of likely N-dealkylation sites (N-methyl/N-ethyl adjacent to an activating group) is 1. The first-order valence-electron chi connectivity index (χ1n) is 6.00. The van der Waals surface area contributed by atoms with E-state index in [1.807, 2.05) is 0 Å².